The first-order valence-electron chi connectivity index (χ1n) is 9.51. The summed E-state index contributed by atoms with van der Waals surface area (Å²) in [7, 11) is 0. The van der Waals surface area contributed by atoms with Crippen LogP contribution in [0.5, 0.6) is 0 Å². The summed E-state index contributed by atoms with van der Waals surface area (Å²) in [6.07, 6.45) is 7.21. The van der Waals surface area contributed by atoms with Crippen molar-refractivity contribution in [2.45, 2.75) is 65.1 Å². The predicted octanol–water partition coefficient (Wildman–Crippen LogP) is 4.61. The maximum Gasteiger partial charge on any atom is 0.229 e. The van der Waals surface area contributed by atoms with Crippen molar-refractivity contribution in [2.24, 2.45) is 0 Å². The van der Waals surface area contributed by atoms with Gasteiger partial charge in [0.25, 0.3) is 0 Å². The summed E-state index contributed by atoms with van der Waals surface area (Å²) in [6, 6.07) is 2.11. The highest BCUT2D eigenvalue weighted by atomic mass is 16.5. The molecule has 6 heteroatoms. The van der Waals surface area contributed by atoms with Crippen molar-refractivity contribution >= 4 is 28.0 Å². The lowest BCUT2D eigenvalue weighted by Crippen LogP contribution is -2.32. The maximum atomic E-state index is 6.06. The van der Waals surface area contributed by atoms with Crippen LogP contribution in [0.25, 0.3) is 22.2 Å². The van der Waals surface area contributed by atoms with Crippen LogP contribution < -0.4 is 5.32 Å². The molecule has 0 bridgehead atoms. The minimum Gasteiger partial charge on any atom is -0.432 e. The molecule has 0 radical (unpaired) electrons. The molecule has 0 spiro atoms. The number of furan rings is 1. The molecule has 0 amide bonds. The fraction of sp³-hybridized carbons (Fsp3) is 0.550. The third-order valence-electron chi connectivity index (χ3n) is 4.95. The van der Waals surface area contributed by atoms with Crippen molar-refractivity contribution in [3.05, 3.63) is 23.7 Å². The number of nitrogens with one attached hydrogen (secondary N) is 1. The molecule has 0 aromatic carbocycles. The quantitative estimate of drug-likeness (QED) is 0.652. The molecule has 6 nitrogen and oxygen atoms in total. The summed E-state index contributed by atoms with van der Waals surface area (Å²) in [5, 5.41) is 4.32. The maximum absolute atomic E-state index is 6.06. The number of nitrogens with zero attached hydrogens (tertiary/aromatic N) is 3. The van der Waals surface area contributed by atoms with Crippen molar-refractivity contribution in [3.63, 3.8) is 0 Å². The fourth-order valence-corrected chi connectivity index (χ4v) is 3.47. The van der Waals surface area contributed by atoms with E-state index in [1.165, 1.54) is 19.3 Å². The van der Waals surface area contributed by atoms with Gasteiger partial charge in [-0.1, -0.05) is 26.2 Å². The number of hydrogen-bond donors (Lipinski definition) is 1. The zero-order chi connectivity index (χ0) is 18.1. The minimum absolute atomic E-state index is 0.190. The van der Waals surface area contributed by atoms with Crippen LogP contribution in [-0.4, -0.2) is 27.1 Å². The Balaban J connectivity index is 1.67. The summed E-state index contributed by atoms with van der Waals surface area (Å²) < 4.78 is 12.0. The Morgan fingerprint density at radius 2 is 2.08 bits per heavy atom. The highest BCUT2D eigenvalue weighted by molar-refractivity contribution is 6.04. The van der Waals surface area contributed by atoms with E-state index in [0.29, 0.717) is 17.9 Å². The van der Waals surface area contributed by atoms with Gasteiger partial charge >= 0.3 is 0 Å². The van der Waals surface area contributed by atoms with Gasteiger partial charge in [-0.05, 0) is 26.3 Å². The topological polar surface area (TPSA) is 73.1 Å². The van der Waals surface area contributed by atoms with Gasteiger partial charge in [-0.3, -0.25) is 0 Å². The van der Waals surface area contributed by atoms with Crippen molar-refractivity contribution in [1.29, 1.82) is 0 Å². The summed E-state index contributed by atoms with van der Waals surface area (Å²) in [5.41, 5.74) is 4.11. The average Bonchev–Trinajstić information content (AvgIpc) is 2.97. The molecule has 3 aromatic heterocycles. The fourth-order valence-electron chi connectivity index (χ4n) is 3.47. The second kappa shape index (κ2) is 6.83. The molecule has 138 valence electrons. The number of unbranched alkanes of at least 4 members (excludes halogenated alkanes) is 3. The van der Waals surface area contributed by atoms with Gasteiger partial charge < -0.3 is 14.5 Å². The molecule has 1 aliphatic rings. The van der Waals surface area contributed by atoms with Crippen LogP contribution >= 0.6 is 0 Å². The molecule has 0 unspecified atom stereocenters. The van der Waals surface area contributed by atoms with Crippen molar-refractivity contribution in [1.82, 2.24) is 15.0 Å². The van der Waals surface area contributed by atoms with Crippen LogP contribution in [0.15, 0.2) is 16.8 Å². The van der Waals surface area contributed by atoms with Crippen molar-refractivity contribution < 1.29 is 9.15 Å². The van der Waals surface area contributed by atoms with Gasteiger partial charge in [-0.2, -0.15) is 0 Å². The molecule has 0 saturated heterocycles. The molecule has 3 aromatic rings. The predicted molar refractivity (Wildman–Crippen MR) is 102 cm³/mol. The van der Waals surface area contributed by atoms with E-state index in [2.05, 4.69) is 42.1 Å². The number of ether oxygens (including phenoxy) is 1. The standard InChI is InChI=1S/C20H26N4O2/c1-4-5-6-7-8-21-18-17-16(22-12-23-18)14-9-13-11-25-20(2,3)10-15(13)24-19(14)26-17/h9,12H,4-8,10-11H2,1-3H3,(H,21,22,23). The third-order valence-corrected chi connectivity index (χ3v) is 4.95. The van der Waals surface area contributed by atoms with Gasteiger partial charge in [-0.15, -0.1) is 0 Å². The zero-order valence-corrected chi connectivity index (χ0v) is 15.8. The van der Waals surface area contributed by atoms with Crippen LogP contribution in [0, 0.1) is 0 Å². The molecule has 0 fully saturated rings. The van der Waals surface area contributed by atoms with E-state index < -0.39 is 0 Å². The van der Waals surface area contributed by atoms with Gasteiger partial charge in [0.2, 0.25) is 5.71 Å². The summed E-state index contributed by atoms with van der Waals surface area (Å²) in [5.74, 6) is 0.749. The SMILES string of the molecule is CCCCCCNc1ncnc2c1oc1nc3c(cc12)COC(C)(C)C3. The van der Waals surface area contributed by atoms with E-state index in [4.69, 9.17) is 14.1 Å². The average molecular weight is 354 g/mol. The molecule has 4 heterocycles. The monoisotopic (exact) mass is 354 g/mol. The minimum atomic E-state index is -0.190. The smallest absolute Gasteiger partial charge is 0.229 e. The number of rotatable bonds is 6. The molecule has 1 N–H and O–H groups in total. The normalized spacial score (nSPS) is 16.1. The van der Waals surface area contributed by atoms with Crippen LogP contribution in [0.2, 0.25) is 0 Å². The number of aromatic nitrogens is 3. The van der Waals surface area contributed by atoms with E-state index in [1.54, 1.807) is 6.33 Å². The van der Waals surface area contributed by atoms with Crippen molar-refractivity contribution in [2.75, 3.05) is 11.9 Å². The zero-order valence-electron chi connectivity index (χ0n) is 15.8. The van der Waals surface area contributed by atoms with Gasteiger partial charge in [0.1, 0.15) is 11.8 Å². The third kappa shape index (κ3) is 3.26. The number of pyridine rings is 1. The second-order valence-electron chi connectivity index (χ2n) is 7.66. The lowest BCUT2D eigenvalue weighted by Gasteiger charge is -2.30. The first-order valence-corrected chi connectivity index (χ1v) is 9.51. The summed E-state index contributed by atoms with van der Waals surface area (Å²) in [6.45, 7) is 7.86. The van der Waals surface area contributed by atoms with E-state index in [0.717, 1.165) is 47.4 Å². The Morgan fingerprint density at radius 3 is 2.92 bits per heavy atom. The Morgan fingerprint density at radius 1 is 1.19 bits per heavy atom. The van der Waals surface area contributed by atoms with Gasteiger partial charge in [0, 0.05) is 18.5 Å². The van der Waals surface area contributed by atoms with E-state index in [1.807, 2.05) is 0 Å². The van der Waals surface area contributed by atoms with Gasteiger partial charge in [0.05, 0.1) is 23.3 Å². The van der Waals surface area contributed by atoms with Gasteiger partial charge in [0.15, 0.2) is 11.4 Å². The van der Waals surface area contributed by atoms with E-state index in [9.17, 15) is 0 Å². The van der Waals surface area contributed by atoms with E-state index >= 15 is 0 Å². The molecule has 4 rings (SSSR count). The largest absolute Gasteiger partial charge is 0.432 e. The first-order chi connectivity index (χ1) is 12.6. The molecular weight excluding hydrogens is 328 g/mol. The Bertz CT molecular complexity index is 932. The molecule has 0 aliphatic carbocycles. The Kier molecular flexibility index (Phi) is 4.53. The summed E-state index contributed by atoms with van der Waals surface area (Å²) >= 11 is 0. The Hall–Kier alpha value is -2.21. The highest BCUT2D eigenvalue weighted by Gasteiger charge is 2.28. The number of anilines is 1. The van der Waals surface area contributed by atoms with Crippen molar-refractivity contribution in [3.8, 4) is 0 Å². The van der Waals surface area contributed by atoms with E-state index in [-0.39, 0.29) is 5.60 Å². The molecular formula is C20H26N4O2. The summed E-state index contributed by atoms with van der Waals surface area (Å²) in [4.78, 5) is 13.6. The lowest BCUT2D eigenvalue weighted by molar-refractivity contribution is -0.0411. The molecule has 0 saturated carbocycles. The molecule has 26 heavy (non-hydrogen) atoms. The second-order valence-corrected chi connectivity index (χ2v) is 7.66. The van der Waals surface area contributed by atoms with Gasteiger partial charge in [-0.25, -0.2) is 15.0 Å². The molecule has 0 atom stereocenters. The van der Waals surface area contributed by atoms with Crippen LogP contribution in [0.1, 0.15) is 57.7 Å². The first kappa shape index (κ1) is 17.2. The number of fused-ring (bicyclic) bond motifs is 4. The Labute approximate surface area is 153 Å². The lowest BCUT2D eigenvalue weighted by atomic mass is 9.95. The molecule has 1 aliphatic heterocycles. The highest BCUT2D eigenvalue weighted by Crippen LogP contribution is 2.34. The van der Waals surface area contributed by atoms with Crippen LogP contribution in [-0.2, 0) is 17.8 Å². The van der Waals surface area contributed by atoms with Crippen LogP contribution in [0.3, 0.4) is 0 Å². The van der Waals surface area contributed by atoms with Crippen LogP contribution in [0.4, 0.5) is 5.82 Å². The number of hydrogen-bond acceptors (Lipinski definition) is 6.